The summed E-state index contributed by atoms with van der Waals surface area (Å²) in [5.41, 5.74) is 2.32. The predicted molar refractivity (Wildman–Crippen MR) is 42.3 cm³/mol. The van der Waals surface area contributed by atoms with Crippen LogP contribution in [-0.4, -0.2) is 37.7 Å². The summed E-state index contributed by atoms with van der Waals surface area (Å²) in [5, 5.41) is 6.45. The number of hydroxylamine groups is 1. The van der Waals surface area contributed by atoms with E-state index in [1.54, 1.807) is 0 Å². The van der Waals surface area contributed by atoms with Crippen molar-refractivity contribution in [3.8, 4) is 0 Å². The Kier molecular flexibility index (Phi) is 2.25. The van der Waals surface area contributed by atoms with Crippen molar-refractivity contribution in [2.75, 3.05) is 19.7 Å². The SMILES string of the molecule is O=C1NOCC1NC1CCNC1. The smallest absolute Gasteiger partial charge is 0.263 e. The van der Waals surface area contributed by atoms with Crippen LogP contribution in [0.4, 0.5) is 0 Å². The largest absolute Gasteiger partial charge is 0.315 e. The van der Waals surface area contributed by atoms with Gasteiger partial charge in [0.15, 0.2) is 0 Å². The molecular weight excluding hydrogens is 158 g/mol. The summed E-state index contributed by atoms with van der Waals surface area (Å²) >= 11 is 0. The molecule has 2 rings (SSSR count). The van der Waals surface area contributed by atoms with Crippen LogP contribution < -0.4 is 16.1 Å². The monoisotopic (exact) mass is 171 g/mol. The van der Waals surface area contributed by atoms with Gasteiger partial charge in [0.1, 0.15) is 6.04 Å². The normalized spacial score (nSPS) is 35.5. The number of amides is 1. The van der Waals surface area contributed by atoms with E-state index in [1.165, 1.54) is 0 Å². The van der Waals surface area contributed by atoms with Crippen LogP contribution in [0, 0.1) is 0 Å². The third-order valence-electron chi connectivity index (χ3n) is 2.24. The average Bonchev–Trinajstić information content (AvgIpc) is 2.65. The van der Waals surface area contributed by atoms with Gasteiger partial charge >= 0.3 is 0 Å². The van der Waals surface area contributed by atoms with E-state index in [4.69, 9.17) is 4.84 Å². The standard InChI is InChI=1S/C7H13N3O2/c11-7-6(4-12-10-7)9-5-1-2-8-3-5/h5-6,8-9H,1-4H2,(H,10,11). The topological polar surface area (TPSA) is 62.4 Å². The van der Waals surface area contributed by atoms with Crippen LogP contribution in [0.5, 0.6) is 0 Å². The van der Waals surface area contributed by atoms with Crippen molar-refractivity contribution in [2.45, 2.75) is 18.5 Å². The molecule has 5 nitrogen and oxygen atoms in total. The second kappa shape index (κ2) is 3.38. The molecule has 0 saturated carbocycles. The first-order valence-corrected chi connectivity index (χ1v) is 4.24. The summed E-state index contributed by atoms with van der Waals surface area (Å²) in [6.07, 6.45) is 1.09. The van der Waals surface area contributed by atoms with Gasteiger partial charge in [-0.2, -0.15) is 0 Å². The highest BCUT2D eigenvalue weighted by molar-refractivity contribution is 5.82. The highest BCUT2D eigenvalue weighted by Gasteiger charge is 2.28. The van der Waals surface area contributed by atoms with Crippen LogP contribution in [-0.2, 0) is 9.63 Å². The summed E-state index contributed by atoms with van der Waals surface area (Å²) in [6.45, 7) is 2.42. The van der Waals surface area contributed by atoms with Crippen LogP contribution in [0.3, 0.4) is 0 Å². The maximum Gasteiger partial charge on any atom is 0.263 e. The molecule has 0 aromatic carbocycles. The molecule has 0 bridgehead atoms. The molecule has 2 saturated heterocycles. The van der Waals surface area contributed by atoms with E-state index < -0.39 is 0 Å². The predicted octanol–water partition coefficient (Wildman–Crippen LogP) is -1.63. The van der Waals surface area contributed by atoms with E-state index in [9.17, 15) is 4.79 Å². The molecule has 2 heterocycles. The van der Waals surface area contributed by atoms with E-state index in [-0.39, 0.29) is 11.9 Å². The van der Waals surface area contributed by atoms with Crippen LogP contribution in [0.2, 0.25) is 0 Å². The van der Waals surface area contributed by atoms with E-state index in [0.29, 0.717) is 12.6 Å². The zero-order chi connectivity index (χ0) is 8.39. The van der Waals surface area contributed by atoms with Gasteiger partial charge < -0.3 is 5.32 Å². The molecule has 1 amide bonds. The molecule has 68 valence electrons. The average molecular weight is 171 g/mol. The number of nitrogens with one attached hydrogen (secondary N) is 3. The third kappa shape index (κ3) is 1.57. The number of hydrogen-bond donors (Lipinski definition) is 3. The molecule has 0 spiro atoms. The summed E-state index contributed by atoms with van der Waals surface area (Å²) in [5.74, 6) is -0.0538. The first-order chi connectivity index (χ1) is 5.86. The van der Waals surface area contributed by atoms with Gasteiger partial charge in [-0.25, -0.2) is 5.48 Å². The molecule has 0 aliphatic carbocycles. The Balaban J connectivity index is 1.81. The first kappa shape index (κ1) is 7.97. The lowest BCUT2D eigenvalue weighted by Crippen LogP contribution is -2.44. The van der Waals surface area contributed by atoms with Gasteiger partial charge in [0.05, 0.1) is 6.61 Å². The molecule has 2 fully saturated rings. The first-order valence-electron chi connectivity index (χ1n) is 4.24. The van der Waals surface area contributed by atoms with Crippen LogP contribution >= 0.6 is 0 Å². The number of rotatable bonds is 2. The minimum atomic E-state index is -0.158. The zero-order valence-corrected chi connectivity index (χ0v) is 6.80. The van der Waals surface area contributed by atoms with Gasteiger partial charge in [-0.05, 0) is 13.0 Å². The van der Waals surface area contributed by atoms with Crippen LogP contribution in [0.15, 0.2) is 0 Å². The van der Waals surface area contributed by atoms with Crippen molar-refractivity contribution >= 4 is 5.91 Å². The lowest BCUT2D eigenvalue weighted by Gasteiger charge is -2.13. The van der Waals surface area contributed by atoms with E-state index >= 15 is 0 Å². The van der Waals surface area contributed by atoms with Crippen molar-refractivity contribution in [3.63, 3.8) is 0 Å². The van der Waals surface area contributed by atoms with Gasteiger partial charge in [-0.15, -0.1) is 0 Å². The fourth-order valence-electron chi connectivity index (χ4n) is 1.55. The molecule has 0 aromatic rings. The van der Waals surface area contributed by atoms with Gasteiger partial charge in [0.2, 0.25) is 0 Å². The van der Waals surface area contributed by atoms with E-state index in [0.717, 1.165) is 19.5 Å². The maximum absolute atomic E-state index is 11.0. The quantitative estimate of drug-likeness (QED) is 0.467. The van der Waals surface area contributed by atoms with E-state index in [2.05, 4.69) is 16.1 Å². The Bertz CT molecular complexity index is 179. The molecule has 2 aliphatic rings. The summed E-state index contributed by atoms with van der Waals surface area (Å²) in [4.78, 5) is 15.8. The highest BCUT2D eigenvalue weighted by atomic mass is 16.7. The molecule has 5 heteroatoms. The Labute approximate surface area is 70.8 Å². The van der Waals surface area contributed by atoms with Gasteiger partial charge in [0.25, 0.3) is 5.91 Å². The summed E-state index contributed by atoms with van der Waals surface area (Å²) < 4.78 is 0. The minimum absolute atomic E-state index is 0.0538. The molecule has 2 aliphatic heterocycles. The Morgan fingerprint density at radius 3 is 3.08 bits per heavy atom. The molecule has 2 unspecified atom stereocenters. The second-order valence-corrected chi connectivity index (χ2v) is 3.19. The molecule has 3 N–H and O–H groups in total. The third-order valence-corrected chi connectivity index (χ3v) is 2.24. The van der Waals surface area contributed by atoms with Gasteiger partial charge in [0, 0.05) is 12.6 Å². The summed E-state index contributed by atoms with van der Waals surface area (Å²) in [7, 11) is 0. The van der Waals surface area contributed by atoms with Crippen molar-refractivity contribution in [3.05, 3.63) is 0 Å². The molecular formula is C7H13N3O2. The van der Waals surface area contributed by atoms with Crippen LogP contribution in [0.25, 0.3) is 0 Å². The molecule has 2 atom stereocenters. The molecule has 12 heavy (non-hydrogen) atoms. The number of hydrogen-bond acceptors (Lipinski definition) is 4. The fraction of sp³-hybridized carbons (Fsp3) is 0.857. The van der Waals surface area contributed by atoms with Crippen LogP contribution in [0.1, 0.15) is 6.42 Å². The maximum atomic E-state index is 11.0. The Hall–Kier alpha value is -0.650. The lowest BCUT2D eigenvalue weighted by molar-refractivity contribution is -0.125. The van der Waals surface area contributed by atoms with Gasteiger partial charge in [-0.3, -0.25) is 14.9 Å². The van der Waals surface area contributed by atoms with Crippen molar-refractivity contribution in [1.29, 1.82) is 0 Å². The highest BCUT2D eigenvalue weighted by Crippen LogP contribution is 2.01. The minimum Gasteiger partial charge on any atom is -0.315 e. The number of carbonyl (C=O) groups excluding carboxylic acids is 1. The Morgan fingerprint density at radius 1 is 1.58 bits per heavy atom. The summed E-state index contributed by atoms with van der Waals surface area (Å²) in [6, 6.07) is 0.261. The Morgan fingerprint density at radius 2 is 2.50 bits per heavy atom. The number of carbonyl (C=O) groups is 1. The van der Waals surface area contributed by atoms with Crippen molar-refractivity contribution < 1.29 is 9.63 Å². The lowest BCUT2D eigenvalue weighted by atomic mass is 10.2. The zero-order valence-electron chi connectivity index (χ0n) is 6.80. The molecule has 0 aromatic heterocycles. The van der Waals surface area contributed by atoms with Crippen molar-refractivity contribution in [2.24, 2.45) is 0 Å². The van der Waals surface area contributed by atoms with Gasteiger partial charge in [-0.1, -0.05) is 0 Å². The van der Waals surface area contributed by atoms with E-state index in [1.807, 2.05) is 0 Å². The fourth-order valence-corrected chi connectivity index (χ4v) is 1.55. The van der Waals surface area contributed by atoms with Crippen molar-refractivity contribution in [1.82, 2.24) is 16.1 Å². The second-order valence-electron chi connectivity index (χ2n) is 3.19. The molecule has 0 radical (unpaired) electrons.